The van der Waals surface area contributed by atoms with Crippen molar-refractivity contribution < 1.29 is 12.9 Å². The van der Waals surface area contributed by atoms with E-state index in [1.807, 2.05) is 6.92 Å². The van der Waals surface area contributed by atoms with Crippen molar-refractivity contribution in [2.45, 2.75) is 24.9 Å². The molecule has 0 radical (unpaired) electrons. The molecule has 0 aliphatic heterocycles. The molecule has 2 aromatic rings. The molecule has 0 aliphatic rings. The molecular formula is C10H16N6O3S. The average Bonchev–Trinajstić information content (AvgIpc) is 3.08. The van der Waals surface area contributed by atoms with Crippen LogP contribution in [0, 0.1) is 0 Å². The van der Waals surface area contributed by atoms with Crippen molar-refractivity contribution in [1.82, 2.24) is 30.0 Å². The summed E-state index contributed by atoms with van der Waals surface area (Å²) >= 11 is 0. The fourth-order valence-corrected chi connectivity index (χ4v) is 2.42. The Morgan fingerprint density at radius 1 is 1.45 bits per heavy atom. The molecule has 9 nitrogen and oxygen atoms in total. The normalized spacial score (nSPS) is 11.8. The van der Waals surface area contributed by atoms with E-state index < -0.39 is 10.0 Å². The average molecular weight is 300 g/mol. The second kappa shape index (κ2) is 6.59. The summed E-state index contributed by atoms with van der Waals surface area (Å²) < 4.78 is 32.5. The highest BCUT2D eigenvalue weighted by Gasteiger charge is 2.17. The Morgan fingerprint density at radius 3 is 3.00 bits per heavy atom. The van der Waals surface area contributed by atoms with Crippen molar-refractivity contribution in [1.29, 1.82) is 0 Å². The van der Waals surface area contributed by atoms with Crippen molar-refractivity contribution >= 4 is 10.0 Å². The van der Waals surface area contributed by atoms with Gasteiger partial charge < -0.3 is 9.84 Å². The van der Waals surface area contributed by atoms with Crippen molar-refractivity contribution in [3.8, 4) is 0 Å². The zero-order valence-electron chi connectivity index (χ0n) is 11.0. The third kappa shape index (κ3) is 3.85. The molecule has 2 N–H and O–H groups in total. The summed E-state index contributed by atoms with van der Waals surface area (Å²) in [5, 5.41) is 10.7. The van der Waals surface area contributed by atoms with Crippen LogP contribution in [0.1, 0.15) is 12.7 Å². The molecule has 0 aromatic carbocycles. The molecule has 2 aromatic heterocycles. The topological polar surface area (TPSA) is 115 Å². The molecule has 10 heteroatoms. The number of likely N-dealkylation sites (N-methyl/N-ethyl adjacent to an activating group) is 1. The van der Waals surface area contributed by atoms with Gasteiger partial charge in [0.1, 0.15) is 4.90 Å². The summed E-state index contributed by atoms with van der Waals surface area (Å²) in [7, 11) is -3.62. The van der Waals surface area contributed by atoms with E-state index in [1.165, 1.54) is 12.4 Å². The van der Waals surface area contributed by atoms with E-state index in [0.717, 1.165) is 19.5 Å². The monoisotopic (exact) mass is 300 g/mol. The lowest BCUT2D eigenvalue weighted by Gasteiger charge is -2.02. The van der Waals surface area contributed by atoms with Crippen LogP contribution in [0.2, 0.25) is 0 Å². The first-order valence-electron chi connectivity index (χ1n) is 6.10. The maximum atomic E-state index is 12.0. The number of hydrogen-bond acceptors (Lipinski definition) is 7. The van der Waals surface area contributed by atoms with Crippen LogP contribution in [0.3, 0.4) is 0 Å². The standard InChI is InChI=1S/C10H16N6O3S/c1-2-11-3-4-16-7-9(5-13-16)20(17,18)14-6-10-12-8-19-15-10/h5,7-8,11,14H,2-4,6H2,1H3. The van der Waals surface area contributed by atoms with Gasteiger partial charge in [-0.15, -0.1) is 0 Å². The third-order valence-corrected chi connectivity index (χ3v) is 3.87. The maximum Gasteiger partial charge on any atom is 0.244 e. The van der Waals surface area contributed by atoms with Crippen molar-refractivity contribution in [3.63, 3.8) is 0 Å². The molecule has 0 amide bonds. The van der Waals surface area contributed by atoms with Gasteiger partial charge in [-0.2, -0.15) is 10.1 Å². The molecule has 0 saturated heterocycles. The van der Waals surface area contributed by atoms with Crippen LogP contribution in [0.4, 0.5) is 0 Å². The van der Waals surface area contributed by atoms with Crippen molar-refractivity contribution in [2.24, 2.45) is 0 Å². The SMILES string of the molecule is CCNCCn1cc(S(=O)(=O)NCc2ncon2)cn1. The molecule has 0 spiro atoms. The minimum atomic E-state index is -3.62. The minimum absolute atomic E-state index is 0.0264. The van der Waals surface area contributed by atoms with Crippen LogP contribution in [0.5, 0.6) is 0 Å². The smallest absolute Gasteiger partial charge is 0.244 e. The molecule has 0 bridgehead atoms. The van der Waals surface area contributed by atoms with E-state index in [4.69, 9.17) is 0 Å². The maximum absolute atomic E-state index is 12.0. The Labute approximate surface area is 116 Å². The fourth-order valence-electron chi connectivity index (χ4n) is 1.49. The summed E-state index contributed by atoms with van der Waals surface area (Å²) in [5.41, 5.74) is 0. The van der Waals surface area contributed by atoms with E-state index in [9.17, 15) is 8.42 Å². The number of aromatic nitrogens is 4. The van der Waals surface area contributed by atoms with Crippen LogP contribution in [-0.4, -0.2) is 41.4 Å². The molecule has 20 heavy (non-hydrogen) atoms. The lowest BCUT2D eigenvalue weighted by Crippen LogP contribution is -2.23. The highest BCUT2D eigenvalue weighted by atomic mass is 32.2. The molecule has 2 heterocycles. The van der Waals surface area contributed by atoms with Gasteiger partial charge in [0.05, 0.1) is 19.3 Å². The number of sulfonamides is 1. The molecule has 2 rings (SSSR count). The van der Waals surface area contributed by atoms with Gasteiger partial charge >= 0.3 is 0 Å². The van der Waals surface area contributed by atoms with Crippen molar-refractivity contribution in [3.05, 3.63) is 24.6 Å². The Kier molecular flexibility index (Phi) is 4.82. The molecule has 110 valence electrons. The van der Waals surface area contributed by atoms with Gasteiger partial charge in [0.2, 0.25) is 16.4 Å². The van der Waals surface area contributed by atoms with Crippen molar-refractivity contribution in [2.75, 3.05) is 13.1 Å². The van der Waals surface area contributed by atoms with Gasteiger partial charge in [-0.25, -0.2) is 13.1 Å². The highest BCUT2D eigenvalue weighted by molar-refractivity contribution is 7.89. The predicted octanol–water partition coefficient (Wildman–Crippen LogP) is -0.646. The summed E-state index contributed by atoms with van der Waals surface area (Å²) in [5.74, 6) is 0.271. The van der Waals surface area contributed by atoms with Gasteiger partial charge in [0, 0.05) is 12.7 Å². The van der Waals surface area contributed by atoms with E-state index in [0.29, 0.717) is 6.54 Å². The van der Waals surface area contributed by atoms with E-state index >= 15 is 0 Å². The van der Waals surface area contributed by atoms with Crippen LogP contribution < -0.4 is 10.0 Å². The van der Waals surface area contributed by atoms with Gasteiger partial charge in [-0.3, -0.25) is 4.68 Å². The first-order valence-corrected chi connectivity index (χ1v) is 7.58. The number of rotatable bonds is 8. The van der Waals surface area contributed by atoms with Crippen LogP contribution >= 0.6 is 0 Å². The Hall–Kier alpha value is -1.78. The zero-order valence-corrected chi connectivity index (χ0v) is 11.8. The first-order chi connectivity index (χ1) is 9.62. The molecule has 0 aliphatic carbocycles. The largest absolute Gasteiger partial charge is 0.343 e. The molecule has 0 unspecified atom stereocenters. The van der Waals surface area contributed by atoms with Crippen LogP contribution in [0.15, 0.2) is 28.2 Å². The second-order valence-electron chi connectivity index (χ2n) is 3.96. The zero-order chi connectivity index (χ0) is 14.4. The number of nitrogens with one attached hydrogen (secondary N) is 2. The Bertz CT molecular complexity index is 621. The highest BCUT2D eigenvalue weighted by Crippen LogP contribution is 2.07. The second-order valence-corrected chi connectivity index (χ2v) is 5.73. The predicted molar refractivity (Wildman–Crippen MR) is 69.1 cm³/mol. The number of hydrogen-bond donors (Lipinski definition) is 2. The Morgan fingerprint density at radius 2 is 2.30 bits per heavy atom. The third-order valence-electron chi connectivity index (χ3n) is 2.51. The summed E-state index contributed by atoms with van der Waals surface area (Å²) in [6.45, 7) is 4.17. The quantitative estimate of drug-likeness (QED) is 0.623. The molecule has 0 atom stereocenters. The van der Waals surface area contributed by atoms with Gasteiger partial charge in [-0.1, -0.05) is 12.1 Å². The Balaban J connectivity index is 1.95. The van der Waals surface area contributed by atoms with Gasteiger partial charge in [0.15, 0.2) is 5.82 Å². The molecule has 0 saturated carbocycles. The summed E-state index contributed by atoms with van der Waals surface area (Å²) in [4.78, 5) is 3.84. The van der Waals surface area contributed by atoms with Crippen LogP contribution in [-0.2, 0) is 23.1 Å². The lowest BCUT2D eigenvalue weighted by molar-refractivity contribution is 0.409. The molecular weight excluding hydrogens is 284 g/mol. The first kappa shape index (κ1) is 14.6. The summed E-state index contributed by atoms with van der Waals surface area (Å²) in [6.07, 6.45) is 3.93. The van der Waals surface area contributed by atoms with E-state index in [-0.39, 0.29) is 17.3 Å². The van der Waals surface area contributed by atoms with E-state index in [1.54, 1.807) is 4.68 Å². The minimum Gasteiger partial charge on any atom is -0.343 e. The summed E-state index contributed by atoms with van der Waals surface area (Å²) in [6, 6.07) is 0. The van der Waals surface area contributed by atoms with Gasteiger partial charge in [0.25, 0.3) is 0 Å². The molecule has 0 fully saturated rings. The number of nitrogens with zero attached hydrogens (tertiary/aromatic N) is 4. The van der Waals surface area contributed by atoms with E-state index in [2.05, 4.69) is 29.8 Å². The fraction of sp³-hybridized carbons (Fsp3) is 0.500. The van der Waals surface area contributed by atoms with Gasteiger partial charge in [-0.05, 0) is 6.54 Å². The lowest BCUT2D eigenvalue weighted by atomic mass is 10.6. The van der Waals surface area contributed by atoms with Crippen LogP contribution in [0.25, 0.3) is 0 Å².